The molecule has 0 aliphatic rings. The van der Waals surface area contributed by atoms with Crippen LogP contribution in [0.4, 0.5) is 5.69 Å². The maximum absolute atomic E-state index is 12.2. The molecule has 2 nitrogen and oxygen atoms in total. The van der Waals surface area contributed by atoms with Gasteiger partial charge in [-0.1, -0.05) is 41.4 Å². The lowest BCUT2D eigenvalue weighted by Gasteiger charge is -2.14. The highest BCUT2D eigenvalue weighted by molar-refractivity contribution is 8.00. The summed E-state index contributed by atoms with van der Waals surface area (Å²) in [6.07, 6.45) is 0. The summed E-state index contributed by atoms with van der Waals surface area (Å²) in [6, 6.07) is 13.0. The van der Waals surface area contributed by atoms with Crippen molar-refractivity contribution in [3.8, 4) is 0 Å². The van der Waals surface area contributed by atoms with Crippen molar-refractivity contribution in [2.24, 2.45) is 0 Å². The standard InChI is InChI=1S/C16H15Cl2NOS/c1-10-5-3-6-12(9-10)19-16(20)11(2)21-15-13(17)7-4-8-14(15)18/h3-9,11H,1-2H3,(H,19,20)/t11-/m1/s1. The number of anilines is 1. The van der Waals surface area contributed by atoms with Crippen molar-refractivity contribution < 1.29 is 4.79 Å². The van der Waals surface area contributed by atoms with Crippen LogP contribution in [-0.2, 0) is 4.79 Å². The van der Waals surface area contributed by atoms with E-state index in [1.807, 2.05) is 38.1 Å². The van der Waals surface area contributed by atoms with E-state index in [0.29, 0.717) is 10.0 Å². The SMILES string of the molecule is Cc1cccc(NC(=O)[C@@H](C)Sc2c(Cl)cccc2Cl)c1. The lowest BCUT2D eigenvalue weighted by atomic mass is 10.2. The third-order valence-corrected chi connectivity index (χ3v) is 4.97. The number of rotatable bonds is 4. The Morgan fingerprint density at radius 2 is 1.76 bits per heavy atom. The first-order valence-corrected chi connectivity index (χ1v) is 8.09. The van der Waals surface area contributed by atoms with Gasteiger partial charge in [-0.05, 0) is 43.7 Å². The van der Waals surface area contributed by atoms with Crippen LogP contribution in [0.15, 0.2) is 47.4 Å². The normalized spacial score (nSPS) is 12.0. The molecule has 1 N–H and O–H groups in total. The Morgan fingerprint density at radius 1 is 1.14 bits per heavy atom. The average molecular weight is 340 g/mol. The molecule has 0 heterocycles. The second-order valence-corrected chi connectivity index (χ2v) is 6.84. The Morgan fingerprint density at radius 3 is 2.38 bits per heavy atom. The molecule has 1 atom stereocenters. The molecular weight excluding hydrogens is 325 g/mol. The van der Waals surface area contributed by atoms with Crippen LogP contribution >= 0.6 is 35.0 Å². The van der Waals surface area contributed by atoms with Crippen molar-refractivity contribution in [2.75, 3.05) is 5.32 Å². The van der Waals surface area contributed by atoms with Crippen LogP contribution < -0.4 is 5.32 Å². The summed E-state index contributed by atoms with van der Waals surface area (Å²) in [6.45, 7) is 3.81. The molecule has 0 aliphatic heterocycles. The van der Waals surface area contributed by atoms with Gasteiger partial charge in [-0.2, -0.15) is 0 Å². The third kappa shape index (κ3) is 4.40. The molecule has 0 aromatic heterocycles. The monoisotopic (exact) mass is 339 g/mol. The van der Waals surface area contributed by atoms with E-state index in [2.05, 4.69) is 5.32 Å². The number of hydrogen-bond donors (Lipinski definition) is 1. The topological polar surface area (TPSA) is 29.1 Å². The molecule has 0 saturated carbocycles. The second kappa shape index (κ2) is 7.21. The molecule has 21 heavy (non-hydrogen) atoms. The number of thioether (sulfide) groups is 1. The van der Waals surface area contributed by atoms with Gasteiger partial charge in [-0.3, -0.25) is 4.79 Å². The molecule has 0 bridgehead atoms. The van der Waals surface area contributed by atoms with E-state index in [1.54, 1.807) is 18.2 Å². The molecule has 0 radical (unpaired) electrons. The predicted molar refractivity (Wildman–Crippen MR) is 91.6 cm³/mol. The van der Waals surface area contributed by atoms with E-state index in [1.165, 1.54) is 11.8 Å². The summed E-state index contributed by atoms with van der Waals surface area (Å²) in [5, 5.41) is 3.71. The predicted octanol–water partition coefficient (Wildman–Crippen LogP) is 5.42. The molecule has 0 aliphatic carbocycles. The number of halogens is 2. The number of hydrogen-bond acceptors (Lipinski definition) is 2. The van der Waals surface area contributed by atoms with Gasteiger partial charge in [0.2, 0.25) is 5.91 Å². The van der Waals surface area contributed by atoms with Crippen molar-refractivity contribution in [1.29, 1.82) is 0 Å². The number of carbonyl (C=O) groups is 1. The number of aryl methyl sites for hydroxylation is 1. The van der Waals surface area contributed by atoms with Crippen molar-refractivity contribution >= 4 is 46.6 Å². The summed E-state index contributed by atoms with van der Waals surface area (Å²) in [4.78, 5) is 13.0. The molecule has 0 unspecified atom stereocenters. The summed E-state index contributed by atoms with van der Waals surface area (Å²) in [7, 11) is 0. The third-order valence-electron chi connectivity index (χ3n) is 2.87. The van der Waals surface area contributed by atoms with E-state index in [-0.39, 0.29) is 11.2 Å². The fraction of sp³-hybridized carbons (Fsp3) is 0.188. The molecule has 5 heteroatoms. The van der Waals surface area contributed by atoms with Gasteiger partial charge < -0.3 is 5.32 Å². The van der Waals surface area contributed by atoms with Crippen molar-refractivity contribution in [2.45, 2.75) is 24.0 Å². The maximum Gasteiger partial charge on any atom is 0.237 e. The van der Waals surface area contributed by atoms with Crippen LogP contribution in [0.2, 0.25) is 10.0 Å². The van der Waals surface area contributed by atoms with Crippen LogP contribution in [-0.4, -0.2) is 11.2 Å². The average Bonchev–Trinajstić information content (AvgIpc) is 2.43. The summed E-state index contributed by atoms with van der Waals surface area (Å²) in [5.41, 5.74) is 1.89. The fourth-order valence-corrected chi connectivity index (χ4v) is 3.34. The smallest absolute Gasteiger partial charge is 0.237 e. The highest BCUT2D eigenvalue weighted by atomic mass is 35.5. The number of benzene rings is 2. The van der Waals surface area contributed by atoms with Crippen molar-refractivity contribution in [1.82, 2.24) is 0 Å². The Bertz CT molecular complexity index is 640. The van der Waals surface area contributed by atoms with E-state index in [9.17, 15) is 4.79 Å². The zero-order valence-corrected chi connectivity index (χ0v) is 14.0. The number of nitrogens with one attached hydrogen (secondary N) is 1. The molecule has 2 aromatic carbocycles. The van der Waals surface area contributed by atoms with Crippen LogP contribution in [0, 0.1) is 6.92 Å². The Kier molecular flexibility index (Phi) is 5.57. The molecule has 2 aromatic rings. The highest BCUT2D eigenvalue weighted by Gasteiger charge is 2.17. The van der Waals surface area contributed by atoms with Gasteiger partial charge in [-0.15, -0.1) is 11.8 Å². The number of amides is 1. The van der Waals surface area contributed by atoms with Gasteiger partial charge in [0.05, 0.1) is 15.3 Å². The lowest BCUT2D eigenvalue weighted by Crippen LogP contribution is -2.22. The Balaban J connectivity index is 2.06. The summed E-state index contributed by atoms with van der Waals surface area (Å²) in [5.74, 6) is -0.0819. The second-order valence-electron chi connectivity index (χ2n) is 4.67. The zero-order valence-electron chi connectivity index (χ0n) is 11.7. The first kappa shape index (κ1) is 16.2. The molecule has 0 spiro atoms. The van der Waals surface area contributed by atoms with Gasteiger partial charge >= 0.3 is 0 Å². The van der Waals surface area contributed by atoms with Gasteiger partial charge in [0.15, 0.2) is 0 Å². The molecule has 0 fully saturated rings. The van der Waals surface area contributed by atoms with Crippen LogP contribution in [0.1, 0.15) is 12.5 Å². The molecule has 110 valence electrons. The van der Waals surface area contributed by atoms with E-state index >= 15 is 0 Å². The fourth-order valence-electron chi connectivity index (χ4n) is 1.79. The van der Waals surface area contributed by atoms with Gasteiger partial charge in [0.1, 0.15) is 0 Å². The zero-order chi connectivity index (χ0) is 15.4. The molecular formula is C16H15Cl2NOS. The maximum atomic E-state index is 12.2. The summed E-state index contributed by atoms with van der Waals surface area (Å²) < 4.78 is 0. The van der Waals surface area contributed by atoms with Crippen molar-refractivity contribution in [3.05, 3.63) is 58.1 Å². The van der Waals surface area contributed by atoms with Gasteiger partial charge in [0, 0.05) is 10.6 Å². The Labute approximate surface area is 138 Å². The van der Waals surface area contributed by atoms with E-state index in [0.717, 1.165) is 16.1 Å². The first-order chi connectivity index (χ1) is 9.97. The lowest BCUT2D eigenvalue weighted by molar-refractivity contribution is -0.115. The first-order valence-electron chi connectivity index (χ1n) is 6.45. The minimum atomic E-state index is -0.303. The van der Waals surface area contributed by atoms with Crippen LogP contribution in [0.3, 0.4) is 0 Å². The van der Waals surface area contributed by atoms with Crippen LogP contribution in [0.25, 0.3) is 0 Å². The van der Waals surface area contributed by atoms with E-state index < -0.39 is 0 Å². The largest absolute Gasteiger partial charge is 0.325 e. The van der Waals surface area contributed by atoms with E-state index in [4.69, 9.17) is 23.2 Å². The number of carbonyl (C=O) groups excluding carboxylic acids is 1. The molecule has 2 rings (SSSR count). The quantitative estimate of drug-likeness (QED) is 0.753. The minimum absolute atomic E-state index is 0.0819. The van der Waals surface area contributed by atoms with Gasteiger partial charge in [-0.25, -0.2) is 0 Å². The molecule has 0 saturated heterocycles. The van der Waals surface area contributed by atoms with Crippen LogP contribution in [0.5, 0.6) is 0 Å². The van der Waals surface area contributed by atoms with Crippen molar-refractivity contribution in [3.63, 3.8) is 0 Å². The minimum Gasteiger partial charge on any atom is -0.325 e. The Hall–Kier alpha value is -1.16. The van der Waals surface area contributed by atoms with Gasteiger partial charge in [0.25, 0.3) is 0 Å². The summed E-state index contributed by atoms with van der Waals surface area (Å²) >= 11 is 13.6. The molecule has 1 amide bonds. The highest BCUT2D eigenvalue weighted by Crippen LogP contribution is 2.36.